The molecule has 4 fully saturated rings. The molecule has 0 N–H and O–H groups in total. The molecule has 4 aromatic carbocycles. The quantitative estimate of drug-likeness (QED) is 0.0247. The third kappa shape index (κ3) is 19.5. The van der Waals surface area contributed by atoms with Gasteiger partial charge in [0.05, 0.1) is 26.4 Å². The van der Waals surface area contributed by atoms with Crippen molar-refractivity contribution in [2.75, 3.05) is 52.9 Å². The van der Waals surface area contributed by atoms with Gasteiger partial charge in [0.1, 0.15) is 73.8 Å². The molecule has 4 aliphatic heterocycles. The van der Waals surface area contributed by atoms with E-state index in [1.807, 2.05) is 24.3 Å². The van der Waals surface area contributed by atoms with E-state index < -0.39 is 8.34 Å². The minimum absolute atomic E-state index is 0.139. The zero-order valence-corrected chi connectivity index (χ0v) is 51.5. The summed E-state index contributed by atoms with van der Waals surface area (Å²) in [7, 11) is -1.08. The van der Waals surface area contributed by atoms with Gasteiger partial charge in [-0.25, -0.2) is 0 Å². The van der Waals surface area contributed by atoms with Gasteiger partial charge < -0.3 is 37.9 Å². The van der Waals surface area contributed by atoms with Gasteiger partial charge in [-0.3, -0.25) is 0 Å². The van der Waals surface area contributed by atoms with Crippen molar-refractivity contribution in [3.8, 4) is 23.0 Å². The SMILES string of the molecule is C=CCc1cc(C(C)(C)c2cc(CC=C)c(OCC3CO3)c(CC=C)c2)cc(CC=C)c1OCC1CO1.CCCCc1cc(C(C)(C)c2cc(CCCC)c(OCC3CO3)c(CCCC)c2)cc(CCCC)c1OCC1CO1.O=[P+]=O. The molecule has 4 atom stereocenters. The predicted molar refractivity (Wildman–Crippen MR) is 329 cm³/mol. The summed E-state index contributed by atoms with van der Waals surface area (Å²) in [6.07, 6.45) is 25.2. The van der Waals surface area contributed by atoms with Gasteiger partial charge in [0.25, 0.3) is 0 Å². The molecule has 8 rings (SSSR count). The standard InChI is InChI=1S/C37H56O4.C33H40O4.O2P/c1-7-11-15-27-19-31(20-28(16-12-8-2)35(27)40-25-33-23-38-33)37(5,6)32-21-29(17-13-9-3)36(41-26-34-24-39-34)30(22-32)18-14-10-4;1-7-11-23-15-27(16-24(12-8-2)31(23)36-21-29-19-34-29)33(5,6)28-17-25(13-9-3)32(26(18-28)14-10-4)37-22-30-20-35-30;1-3-2/h19-22,33-34H,7-18,23-26H2,1-6H3;7-10,15-18,29-30H,1-4,11-14,19-22H2,5-6H3;/q;;+1. The van der Waals surface area contributed by atoms with Crippen molar-refractivity contribution in [2.45, 2.75) is 193 Å². The zero-order valence-electron chi connectivity index (χ0n) is 50.6. The molecule has 81 heavy (non-hydrogen) atoms. The average Bonchev–Trinajstić information content (AvgIpc) is 4.23. The van der Waals surface area contributed by atoms with Gasteiger partial charge in [0, 0.05) is 10.8 Å². The number of benzene rings is 4. The van der Waals surface area contributed by atoms with E-state index in [4.69, 9.17) is 47.0 Å². The summed E-state index contributed by atoms with van der Waals surface area (Å²) in [6.45, 7) is 40.1. The van der Waals surface area contributed by atoms with E-state index in [1.54, 1.807) is 0 Å². The van der Waals surface area contributed by atoms with Crippen LogP contribution < -0.4 is 18.9 Å². The first-order valence-corrected chi connectivity index (χ1v) is 31.0. The van der Waals surface area contributed by atoms with Crippen molar-refractivity contribution in [3.05, 3.63) is 166 Å². The van der Waals surface area contributed by atoms with Gasteiger partial charge in [0.15, 0.2) is 0 Å². The number of aryl methyl sites for hydroxylation is 4. The number of ether oxygens (including phenoxy) is 8. The topological polar surface area (TPSA) is 121 Å². The summed E-state index contributed by atoms with van der Waals surface area (Å²) in [4.78, 5) is 0. The summed E-state index contributed by atoms with van der Waals surface area (Å²) < 4.78 is 64.0. The van der Waals surface area contributed by atoms with Crippen LogP contribution in [0.4, 0.5) is 0 Å². The van der Waals surface area contributed by atoms with Crippen LogP contribution >= 0.6 is 8.34 Å². The number of hydrogen-bond donors (Lipinski definition) is 0. The van der Waals surface area contributed by atoms with Crippen molar-refractivity contribution in [3.63, 3.8) is 0 Å². The summed E-state index contributed by atoms with van der Waals surface area (Å²) >= 11 is 0. The molecule has 4 aromatic rings. The van der Waals surface area contributed by atoms with Crippen molar-refractivity contribution in [1.29, 1.82) is 0 Å². The van der Waals surface area contributed by atoms with E-state index in [2.05, 4.69) is 130 Å². The van der Waals surface area contributed by atoms with Crippen LogP contribution in [0.1, 0.15) is 174 Å². The van der Waals surface area contributed by atoms with Crippen LogP contribution in [0.2, 0.25) is 0 Å². The Kier molecular flexibility index (Phi) is 26.2. The van der Waals surface area contributed by atoms with Crippen LogP contribution in [0.5, 0.6) is 23.0 Å². The van der Waals surface area contributed by atoms with E-state index in [1.165, 1.54) is 95.9 Å². The van der Waals surface area contributed by atoms with Crippen LogP contribution in [0, 0.1) is 0 Å². The molecule has 0 amide bonds. The number of epoxide rings is 4. The number of unbranched alkanes of at least 4 members (excludes halogenated alkanes) is 4. The second-order valence-electron chi connectivity index (χ2n) is 23.3. The maximum absolute atomic E-state index is 8.35. The molecule has 11 heteroatoms. The Morgan fingerprint density at radius 1 is 0.407 bits per heavy atom. The molecular formula is C70H96O10P+. The first-order chi connectivity index (χ1) is 39.2. The fourth-order valence-electron chi connectivity index (χ4n) is 10.3. The molecule has 4 unspecified atom stereocenters. The molecular weight excluding hydrogens is 1030 g/mol. The Morgan fingerprint density at radius 2 is 0.593 bits per heavy atom. The molecule has 4 saturated heterocycles. The van der Waals surface area contributed by atoms with E-state index >= 15 is 0 Å². The van der Waals surface area contributed by atoms with Gasteiger partial charge in [0.2, 0.25) is 0 Å². The van der Waals surface area contributed by atoms with Gasteiger partial charge in [-0.05, 0) is 144 Å². The van der Waals surface area contributed by atoms with Crippen molar-refractivity contribution in [1.82, 2.24) is 0 Å². The van der Waals surface area contributed by atoms with Gasteiger partial charge in [-0.2, -0.15) is 0 Å². The third-order valence-corrected chi connectivity index (χ3v) is 15.8. The Morgan fingerprint density at radius 3 is 0.765 bits per heavy atom. The first kappa shape index (κ1) is 65.1. The van der Waals surface area contributed by atoms with E-state index in [0.717, 1.165) is 123 Å². The predicted octanol–water partition coefficient (Wildman–Crippen LogP) is 16.0. The third-order valence-electron chi connectivity index (χ3n) is 15.8. The number of allylic oxidation sites excluding steroid dienone is 4. The van der Waals surface area contributed by atoms with E-state index in [0.29, 0.717) is 26.4 Å². The summed E-state index contributed by atoms with van der Waals surface area (Å²) in [6, 6.07) is 18.9. The molecule has 0 bridgehead atoms. The fourth-order valence-corrected chi connectivity index (χ4v) is 10.3. The molecule has 440 valence electrons. The van der Waals surface area contributed by atoms with Crippen molar-refractivity contribution < 1.29 is 47.0 Å². The van der Waals surface area contributed by atoms with Gasteiger partial charge in [-0.1, -0.05) is 154 Å². The van der Waals surface area contributed by atoms with Crippen LogP contribution in [-0.2, 0) is 90.3 Å². The fraction of sp³-hybridized carbons (Fsp3) is 0.543. The normalized spacial score (nSPS) is 17.5. The second-order valence-corrected chi connectivity index (χ2v) is 23.4. The van der Waals surface area contributed by atoms with Gasteiger partial charge in [-0.15, -0.1) is 26.3 Å². The number of rotatable bonds is 36. The van der Waals surface area contributed by atoms with Crippen LogP contribution in [0.25, 0.3) is 0 Å². The summed E-state index contributed by atoms with van der Waals surface area (Å²) in [5, 5.41) is 0. The van der Waals surface area contributed by atoms with Crippen LogP contribution in [0.3, 0.4) is 0 Å². The second kappa shape index (κ2) is 32.7. The van der Waals surface area contributed by atoms with Crippen LogP contribution in [0.15, 0.2) is 99.2 Å². The number of hydrogen-bond acceptors (Lipinski definition) is 10. The molecule has 0 radical (unpaired) electrons. The summed E-state index contributed by atoms with van der Waals surface area (Å²) in [5.74, 6) is 4.11. The van der Waals surface area contributed by atoms with Crippen LogP contribution in [-0.4, -0.2) is 77.3 Å². The molecule has 0 saturated carbocycles. The molecule has 0 aromatic heterocycles. The molecule has 0 aliphatic carbocycles. The van der Waals surface area contributed by atoms with Crippen molar-refractivity contribution >= 4 is 8.34 Å². The first-order valence-electron chi connectivity index (χ1n) is 30.2. The average molecular weight is 1130 g/mol. The monoisotopic (exact) mass is 1130 g/mol. The van der Waals surface area contributed by atoms with E-state index in [9.17, 15) is 0 Å². The van der Waals surface area contributed by atoms with Gasteiger partial charge >= 0.3 is 17.5 Å². The molecule has 4 heterocycles. The zero-order chi connectivity index (χ0) is 58.4. The van der Waals surface area contributed by atoms with E-state index in [-0.39, 0.29) is 35.2 Å². The Balaban J connectivity index is 0.000000250. The molecule has 10 nitrogen and oxygen atoms in total. The Bertz CT molecular complexity index is 2420. The molecule has 0 spiro atoms. The Labute approximate surface area is 488 Å². The Hall–Kier alpha value is -5.09. The maximum atomic E-state index is 8.35. The molecule has 4 aliphatic rings. The minimum atomic E-state index is -1.08. The summed E-state index contributed by atoms with van der Waals surface area (Å²) in [5.41, 5.74) is 14.9. The van der Waals surface area contributed by atoms with Crippen molar-refractivity contribution in [2.24, 2.45) is 0 Å².